The number of esters is 1. The Kier molecular flexibility index (Phi) is 4.33. The van der Waals surface area contributed by atoms with Crippen LogP contribution in [0.5, 0.6) is 0 Å². The Labute approximate surface area is 98.8 Å². The van der Waals surface area contributed by atoms with Crippen molar-refractivity contribution in [3.63, 3.8) is 0 Å². The minimum absolute atomic E-state index is 0.228. The molecule has 0 aliphatic heterocycles. The van der Waals surface area contributed by atoms with Crippen LogP contribution >= 0.6 is 15.9 Å². The van der Waals surface area contributed by atoms with Crippen molar-refractivity contribution in [1.82, 2.24) is 0 Å². The molecule has 1 rings (SSSR count). The maximum Gasteiger partial charge on any atom is 0.319 e. The predicted molar refractivity (Wildman–Crippen MR) is 64.4 cm³/mol. The fourth-order valence-electron chi connectivity index (χ4n) is 1.60. The Hall–Kier alpha value is -0.830. The van der Waals surface area contributed by atoms with Crippen LogP contribution in [0.1, 0.15) is 16.7 Å². The first-order valence-electron chi connectivity index (χ1n) is 4.82. The standard InChI is InChI=1S/C12H15BrO2/c1-8-4-9(2)6-10(5-8)7-11(13)12(14)15-3/h4-6,11H,7H2,1-3H3. The zero-order valence-corrected chi connectivity index (χ0v) is 10.8. The van der Waals surface area contributed by atoms with Crippen LogP contribution in [0.4, 0.5) is 0 Å². The van der Waals surface area contributed by atoms with E-state index in [4.69, 9.17) is 0 Å². The van der Waals surface area contributed by atoms with E-state index in [2.05, 4.69) is 52.7 Å². The number of hydrogen-bond acceptors (Lipinski definition) is 2. The topological polar surface area (TPSA) is 26.3 Å². The van der Waals surface area contributed by atoms with Crippen LogP contribution in [-0.2, 0) is 16.0 Å². The minimum Gasteiger partial charge on any atom is -0.468 e. The van der Waals surface area contributed by atoms with Crippen LogP contribution in [0, 0.1) is 13.8 Å². The van der Waals surface area contributed by atoms with E-state index in [9.17, 15) is 4.79 Å². The zero-order chi connectivity index (χ0) is 11.4. The van der Waals surface area contributed by atoms with Gasteiger partial charge in [-0.25, -0.2) is 0 Å². The maximum absolute atomic E-state index is 11.2. The molecule has 0 radical (unpaired) electrons. The lowest BCUT2D eigenvalue weighted by Crippen LogP contribution is -2.18. The highest BCUT2D eigenvalue weighted by Crippen LogP contribution is 2.15. The van der Waals surface area contributed by atoms with Gasteiger partial charge in [0.1, 0.15) is 4.83 Å². The molecule has 0 aliphatic carbocycles. The summed E-state index contributed by atoms with van der Waals surface area (Å²) in [5, 5.41) is 0. The summed E-state index contributed by atoms with van der Waals surface area (Å²) in [5.41, 5.74) is 3.59. The Morgan fingerprint density at radius 2 is 1.87 bits per heavy atom. The smallest absolute Gasteiger partial charge is 0.319 e. The van der Waals surface area contributed by atoms with Crippen molar-refractivity contribution in [1.29, 1.82) is 0 Å². The van der Waals surface area contributed by atoms with E-state index in [1.165, 1.54) is 18.2 Å². The summed E-state index contributed by atoms with van der Waals surface area (Å²) in [4.78, 5) is 11.0. The van der Waals surface area contributed by atoms with E-state index in [0.717, 1.165) is 5.56 Å². The fourth-order valence-corrected chi connectivity index (χ4v) is 2.17. The van der Waals surface area contributed by atoms with E-state index in [0.29, 0.717) is 6.42 Å². The third-order valence-corrected chi connectivity index (χ3v) is 2.85. The Morgan fingerprint density at radius 3 is 2.33 bits per heavy atom. The van der Waals surface area contributed by atoms with Gasteiger partial charge in [0.05, 0.1) is 7.11 Å². The number of ether oxygens (including phenoxy) is 1. The van der Waals surface area contributed by atoms with Gasteiger partial charge >= 0.3 is 5.97 Å². The van der Waals surface area contributed by atoms with Crippen LogP contribution in [0.2, 0.25) is 0 Å². The molecule has 0 amide bonds. The van der Waals surface area contributed by atoms with E-state index < -0.39 is 0 Å². The number of aryl methyl sites for hydroxylation is 2. The number of hydrogen-bond donors (Lipinski definition) is 0. The second-order valence-corrected chi connectivity index (χ2v) is 4.80. The third kappa shape index (κ3) is 3.67. The first kappa shape index (κ1) is 12.2. The summed E-state index contributed by atoms with van der Waals surface area (Å²) in [6.45, 7) is 4.11. The van der Waals surface area contributed by atoms with Gasteiger partial charge in [-0.1, -0.05) is 45.3 Å². The van der Waals surface area contributed by atoms with Gasteiger partial charge in [0.25, 0.3) is 0 Å². The third-order valence-electron chi connectivity index (χ3n) is 2.15. The lowest BCUT2D eigenvalue weighted by atomic mass is 10.0. The zero-order valence-electron chi connectivity index (χ0n) is 9.21. The number of benzene rings is 1. The molecule has 2 nitrogen and oxygen atoms in total. The average molecular weight is 271 g/mol. The number of rotatable bonds is 3. The van der Waals surface area contributed by atoms with Crippen molar-refractivity contribution in [2.45, 2.75) is 25.1 Å². The van der Waals surface area contributed by atoms with Crippen molar-refractivity contribution < 1.29 is 9.53 Å². The summed E-state index contributed by atoms with van der Waals surface area (Å²) in [7, 11) is 1.40. The largest absolute Gasteiger partial charge is 0.468 e. The molecular formula is C12H15BrO2. The second-order valence-electron chi connectivity index (χ2n) is 3.69. The molecular weight excluding hydrogens is 256 g/mol. The summed E-state index contributed by atoms with van der Waals surface area (Å²) in [6.07, 6.45) is 0.662. The predicted octanol–water partition coefficient (Wildman–Crippen LogP) is 2.78. The van der Waals surface area contributed by atoms with Crippen molar-refractivity contribution in [3.8, 4) is 0 Å². The van der Waals surface area contributed by atoms with Gasteiger partial charge in [0, 0.05) is 0 Å². The summed E-state index contributed by atoms with van der Waals surface area (Å²) < 4.78 is 4.66. The molecule has 0 saturated carbocycles. The lowest BCUT2D eigenvalue weighted by Gasteiger charge is -2.09. The Morgan fingerprint density at radius 1 is 1.33 bits per heavy atom. The van der Waals surface area contributed by atoms with E-state index in [1.54, 1.807) is 0 Å². The molecule has 82 valence electrons. The van der Waals surface area contributed by atoms with Gasteiger partial charge in [0.15, 0.2) is 0 Å². The first-order valence-corrected chi connectivity index (χ1v) is 5.73. The van der Waals surface area contributed by atoms with Crippen LogP contribution in [0.15, 0.2) is 18.2 Å². The van der Waals surface area contributed by atoms with Crippen LogP contribution < -0.4 is 0 Å². The highest BCUT2D eigenvalue weighted by atomic mass is 79.9. The molecule has 0 bridgehead atoms. The van der Waals surface area contributed by atoms with E-state index in [-0.39, 0.29) is 10.8 Å². The summed E-state index contributed by atoms with van der Waals surface area (Å²) in [6, 6.07) is 6.29. The Balaban J connectivity index is 2.76. The normalized spacial score (nSPS) is 12.3. The molecule has 0 spiro atoms. The number of alkyl halides is 1. The highest BCUT2D eigenvalue weighted by molar-refractivity contribution is 9.10. The number of halogens is 1. The lowest BCUT2D eigenvalue weighted by molar-refractivity contribution is -0.139. The van der Waals surface area contributed by atoms with E-state index in [1.807, 2.05) is 0 Å². The van der Waals surface area contributed by atoms with Gasteiger partial charge < -0.3 is 4.74 Å². The summed E-state index contributed by atoms with van der Waals surface area (Å²) in [5.74, 6) is -0.228. The van der Waals surface area contributed by atoms with Gasteiger partial charge in [0.2, 0.25) is 0 Å². The summed E-state index contributed by atoms with van der Waals surface area (Å²) >= 11 is 3.31. The quantitative estimate of drug-likeness (QED) is 0.624. The van der Waals surface area contributed by atoms with Gasteiger partial charge in [-0.3, -0.25) is 4.79 Å². The Bertz CT molecular complexity index is 340. The monoisotopic (exact) mass is 270 g/mol. The maximum atomic E-state index is 11.2. The fraction of sp³-hybridized carbons (Fsp3) is 0.417. The first-order chi connectivity index (χ1) is 7.02. The molecule has 0 aliphatic rings. The molecule has 1 unspecified atom stereocenters. The molecule has 0 N–H and O–H groups in total. The molecule has 15 heavy (non-hydrogen) atoms. The van der Waals surface area contributed by atoms with Crippen LogP contribution in [0.25, 0.3) is 0 Å². The van der Waals surface area contributed by atoms with Gasteiger partial charge in [-0.05, 0) is 25.8 Å². The minimum atomic E-state index is -0.260. The molecule has 0 fully saturated rings. The average Bonchev–Trinajstić information content (AvgIpc) is 2.14. The van der Waals surface area contributed by atoms with E-state index >= 15 is 0 Å². The SMILES string of the molecule is COC(=O)C(Br)Cc1cc(C)cc(C)c1. The number of carbonyl (C=O) groups excluding carboxylic acids is 1. The molecule has 0 saturated heterocycles. The molecule has 1 aromatic rings. The van der Waals surface area contributed by atoms with Crippen molar-refractivity contribution in [2.24, 2.45) is 0 Å². The number of carbonyl (C=O) groups is 1. The second kappa shape index (κ2) is 5.31. The molecule has 3 heteroatoms. The van der Waals surface area contributed by atoms with Crippen molar-refractivity contribution >= 4 is 21.9 Å². The van der Waals surface area contributed by atoms with Crippen molar-refractivity contribution in [2.75, 3.05) is 7.11 Å². The van der Waals surface area contributed by atoms with Gasteiger partial charge in [-0.2, -0.15) is 0 Å². The van der Waals surface area contributed by atoms with Gasteiger partial charge in [-0.15, -0.1) is 0 Å². The van der Waals surface area contributed by atoms with Crippen LogP contribution in [0.3, 0.4) is 0 Å². The highest BCUT2D eigenvalue weighted by Gasteiger charge is 2.15. The molecule has 1 aromatic carbocycles. The number of methoxy groups -OCH3 is 1. The van der Waals surface area contributed by atoms with Crippen molar-refractivity contribution in [3.05, 3.63) is 34.9 Å². The molecule has 0 heterocycles. The molecule has 1 atom stereocenters. The van der Waals surface area contributed by atoms with Crippen LogP contribution in [-0.4, -0.2) is 17.9 Å². The molecule has 0 aromatic heterocycles.